The second-order valence-corrected chi connectivity index (χ2v) is 6.66. The molecule has 3 N–H and O–H groups in total. The van der Waals surface area contributed by atoms with E-state index in [1.807, 2.05) is 0 Å². The Morgan fingerprint density at radius 3 is 2.90 bits per heavy atom. The van der Waals surface area contributed by atoms with Crippen LogP contribution in [0.25, 0.3) is 6.08 Å². The number of carboxylic acid groups (broad SMARTS) is 1. The molecule has 7 nitrogen and oxygen atoms in total. The van der Waals surface area contributed by atoms with E-state index in [0.29, 0.717) is 0 Å². The van der Waals surface area contributed by atoms with Crippen molar-refractivity contribution in [2.45, 2.75) is 11.6 Å². The Bertz CT molecular complexity index is 717. The molecule has 2 heterocycles. The van der Waals surface area contributed by atoms with E-state index in [0.717, 1.165) is 15.8 Å². The molecule has 2 rings (SSSR count). The third-order valence-electron chi connectivity index (χ3n) is 2.27. The molecule has 20 heavy (non-hydrogen) atoms. The summed E-state index contributed by atoms with van der Waals surface area (Å²) in [5, 5.41) is 14.5. The summed E-state index contributed by atoms with van der Waals surface area (Å²) in [6, 6.07) is 4.82. The third kappa shape index (κ3) is 3.76. The molecule has 0 aliphatic rings. The minimum atomic E-state index is -3.61. The number of nitrogens with one attached hydrogen (secondary N) is 2. The van der Waals surface area contributed by atoms with Crippen LogP contribution in [-0.4, -0.2) is 29.7 Å². The van der Waals surface area contributed by atoms with Gasteiger partial charge in [-0.3, -0.25) is 5.10 Å². The van der Waals surface area contributed by atoms with E-state index in [9.17, 15) is 13.2 Å². The normalized spacial score (nSPS) is 12.0. The lowest BCUT2D eigenvalue weighted by atomic mass is 10.4. The van der Waals surface area contributed by atoms with Gasteiger partial charge >= 0.3 is 5.97 Å². The average molecular weight is 313 g/mol. The van der Waals surface area contributed by atoms with Gasteiger partial charge in [-0.15, -0.1) is 11.3 Å². The van der Waals surface area contributed by atoms with Gasteiger partial charge in [-0.25, -0.2) is 17.9 Å². The zero-order chi connectivity index (χ0) is 14.6. The highest BCUT2D eigenvalue weighted by Gasteiger charge is 2.15. The Hall–Kier alpha value is -1.97. The van der Waals surface area contributed by atoms with Crippen molar-refractivity contribution in [2.75, 3.05) is 0 Å². The molecular formula is C11H11N3O4S2. The largest absolute Gasteiger partial charge is 0.478 e. The zero-order valence-electron chi connectivity index (χ0n) is 10.1. The van der Waals surface area contributed by atoms with E-state index in [4.69, 9.17) is 5.11 Å². The summed E-state index contributed by atoms with van der Waals surface area (Å²) in [6.07, 6.45) is 3.85. The van der Waals surface area contributed by atoms with Crippen LogP contribution in [0.2, 0.25) is 0 Å². The predicted octanol–water partition coefficient (Wildman–Crippen LogP) is 1.05. The van der Waals surface area contributed by atoms with Gasteiger partial charge in [-0.05, 0) is 24.3 Å². The smallest absolute Gasteiger partial charge is 0.328 e. The van der Waals surface area contributed by atoms with Crippen LogP contribution in [0, 0.1) is 0 Å². The highest BCUT2D eigenvalue weighted by Crippen LogP contribution is 2.18. The highest BCUT2D eigenvalue weighted by atomic mass is 32.2. The highest BCUT2D eigenvalue weighted by molar-refractivity contribution is 7.89. The predicted molar refractivity (Wildman–Crippen MR) is 73.6 cm³/mol. The van der Waals surface area contributed by atoms with Crippen LogP contribution < -0.4 is 4.72 Å². The number of hydrogen-bond donors (Lipinski definition) is 3. The maximum atomic E-state index is 11.8. The molecule has 0 aromatic carbocycles. The quantitative estimate of drug-likeness (QED) is 0.690. The summed E-state index contributed by atoms with van der Waals surface area (Å²) in [7, 11) is -3.61. The van der Waals surface area contributed by atoms with Crippen molar-refractivity contribution in [3.8, 4) is 0 Å². The maximum Gasteiger partial charge on any atom is 0.328 e. The number of sulfonamides is 1. The van der Waals surface area contributed by atoms with Gasteiger partial charge < -0.3 is 5.11 Å². The van der Waals surface area contributed by atoms with E-state index >= 15 is 0 Å². The molecule has 0 unspecified atom stereocenters. The minimum absolute atomic E-state index is 0.0000487. The number of rotatable bonds is 6. The number of aliphatic carboxylic acids is 1. The molecular weight excluding hydrogens is 302 g/mol. The van der Waals surface area contributed by atoms with Crippen molar-refractivity contribution >= 4 is 33.4 Å². The molecule has 0 amide bonds. The maximum absolute atomic E-state index is 11.8. The Balaban J connectivity index is 2.00. The van der Waals surface area contributed by atoms with Gasteiger partial charge in [0.05, 0.1) is 6.20 Å². The molecule has 0 spiro atoms. The lowest BCUT2D eigenvalue weighted by Gasteiger charge is -2.02. The van der Waals surface area contributed by atoms with Crippen molar-refractivity contribution in [2.24, 2.45) is 0 Å². The molecule has 0 radical (unpaired) electrons. The zero-order valence-corrected chi connectivity index (χ0v) is 11.7. The number of carbonyl (C=O) groups is 1. The molecule has 0 saturated heterocycles. The van der Waals surface area contributed by atoms with Gasteiger partial charge in [-0.1, -0.05) is 0 Å². The number of carboxylic acids is 1. The van der Waals surface area contributed by atoms with Crippen molar-refractivity contribution in [3.63, 3.8) is 0 Å². The van der Waals surface area contributed by atoms with Crippen LogP contribution in [0.5, 0.6) is 0 Å². The van der Waals surface area contributed by atoms with E-state index in [1.54, 1.807) is 12.1 Å². The van der Waals surface area contributed by atoms with Gasteiger partial charge in [0.2, 0.25) is 0 Å². The Morgan fingerprint density at radius 1 is 1.45 bits per heavy atom. The molecule has 0 atom stereocenters. The van der Waals surface area contributed by atoms with E-state index in [2.05, 4.69) is 14.9 Å². The van der Waals surface area contributed by atoms with Gasteiger partial charge in [0.15, 0.2) is 5.03 Å². The fourth-order valence-corrected chi connectivity index (χ4v) is 3.23. The minimum Gasteiger partial charge on any atom is -0.478 e. The average Bonchev–Trinajstić information content (AvgIpc) is 3.06. The van der Waals surface area contributed by atoms with Gasteiger partial charge in [-0.2, -0.15) is 5.10 Å². The first-order valence-electron chi connectivity index (χ1n) is 5.46. The summed E-state index contributed by atoms with van der Waals surface area (Å²) in [6.45, 7) is 0.132. The second-order valence-electron chi connectivity index (χ2n) is 3.72. The summed E-state index contributed by atoms with van der Waals surface area (Å²) in [5.74, 6) is -1.03. The lowest BCUT2D eigenvalue weighted by Crippen LogP contribution is -2.23. The Labute approximate surface area is 119 Å². The van der Waals surface area contributed by atoms with Crippen LogP contribution >= 0.6 is 11.3 Å². The SMILES string of the molecule is O=C(O)/C=C/c1ccc(CNS(=O)(=O)c2ccn[nH]2)s1. The summed E-state index contributed by atoms with van der Waals surface area (Å²) < 4.78 is 26.1. The summed E-state index contributed by atoms with van der Waals surface area (Å²) >= 11 is 1.31. The molecule has 0 aliphatic carbocycles. The van der Waals surface area contributed by atoms with Crippen molar-refractivity contribution in [1.29, 1.82) is 0 Å². The van der Waals surface area contributed by atoms with Crippen molar-refractivity contribution in [1.82, 2.24) is 14.9 Å². The second kappa shape index (κ2) is 5.99. The third-order valence-corrected chi connectivity index (χ3v) is 4.65. The van der Waals surface area contributed by atoms with Crippen molar-refractivity contribution < 1.29 is 18.3 Å². The van der Waals surface area contributed by atoms with Gasteiger partial charge in [0.25, 0.3) is 10.0 Å². The molecule has 0 aliphatic heterocycles. The first-order chi connectivity index (χ1) is 9.47. The number of aromatic amines is 1. The topological polar surface area (TPSA) is 112 Å². The first kappa shape index (κ1) is 14.4. The molecule has 106 valence electrons. The van der Waals surface area contributed by atoms with Gasteiger partial charge in [0, 0.05) is 22.4 Å². The molecule has 0 bridgehead atoms. The van der Waals surface area contributed by atoms with Crippen LogP contribution in [0.1, 0.15) is 9.75 Å². The lowest BCUT2D eigenvalue weighted by molar-refractivity contribution is -0.131. The van der Waals surface area contributed by atoms with Crippen LogP contribution in [-0.2, 0) is 21.4 Å². The van der Waals surface area contributed by atoms with Gasteiger partial charge in [0.1, 0.15) is 0 Å². The summed E-state index contributed by atoms with van der Waals surface area (Å²) in [4.78, 5) is 11.9. The molecule has 0 fully saturated rings. The molecule has 2 aromatic heterocycles. The molecule has 2 aromatic rings. The number of nitrogens with zero attached hydrogens (tertiary/aromatic N) is 1. The van der Waals surface area contributed by atoms with E-state index in [1.165, 1.54) is 29.7 Å². The first-order valence-corrected chi connectivity index (χ1v) is 7.76. The van der Waals surface area contributed by atoms with E-state index < -0.39 is 16.0 Å². The molecule has 9 heteroatoms. The van der Waals surface area contributed by atoms with Crippen LogP contribution in [0.3, 0.4) is 0 Å². The van der Waals surface area contributed by atoms with Crippen molar-refractivity contribution in [3.05, 3.63) is 40.2 Å². The number of aromatic nitrogens is 2. The van der Waals surface area contributed by atoms with Crippen LogP contribution in [0.15, 0.2) is 35.5 Å². The fourth-order valence-electron chi connectivity index (χ4n) is 1.37. The Morgan fingerprint density at radius 2 is 2.25 bits per heavy atom. The number of thiophene rings is 1. The summed E-state index contributed by atoms with van der Waals surface area (Å²) in [5.41, 5.74) is 0. The number of H-pyrrole nitrogens is 1. The standard InChI is InChI=1S/C11H11N3O4S2/c15-11(16)4-3-8-1-2-9(19-8)7-13-20(17,18)10-5-6-12-14-10/h1-6,13H,7H2,(H,12,14)(H,15,16)/b4-3+. The van der Waals surface area contributed by atoms with E-state index in [-0.39, 0.29) is 11.6 Å². The monoisotopic (exact) mass is 313 g/mol. The Kier molecular flexibility index (Phi) is 4.32. The molecule has 0 saturated carbocycles. The van der Waals surface area contributed by atoms with Crippen LogP contribution in [0.4, 0.5) is 0 Å². The fraction of sp³-hybridized carbons (Fsp3) is 0.0909. The number of hydrogen-bond acceptors (Lipinski definition) is 5.